The van der Waals surface area contributed by atoms with Gasteiger partial charge >= 0.3 is 0 Å². The molecule has 168 valence electrons. The molecular weight excluding hydrogens is 386 g/mol. The number of hydrogen-bond donors (Lipinski definition) is 2. The standard InChI is InChI=1S/C26H37N3O2/c1-21(28-20-30)11-8-9-17-29-18-10-15-24(26(29)22-12-4-3-5-13-22)27-19-23-14-6-7-16-25(23)31-2/h3-7,12-14,16,20-21,24,26-27H,8-11,15,17-19H2,1-2H3,(H,28,30)/t21?,24-,26-/m0/s1. The molecule has 5 nitrogen and oxygen atoms in total. The molecule has 1 aliphatic rings. The summed E-state index contributed by atoms with van der Waals surface area (Å²) in [5.74, 6) is 0.942. The Morgan fingerprint density at radius 3 is 2.68 bits per heavy atom. The van der Waals surface area contributed by atoms with Gasteiger partial charge in [0.15, 0.2) is 0 Å². The Bertz CT molecular complexity index is 783. The van der Waals surface area contributed by atoms with E-state index in [0.29, 0.717) is 12.1 Å². The van der Waals surface area contributed by atoms with Gasteiger partial charge in [-0.25, -0.2) is 0 Å². The second kappa shape index (κ2) is 12.5. The molecule has 1 amide bonds. The average molecular weight is 424 g/mol. The lowest BCUT2D eigenvalue weighted by Gasteiger charge is -2.42. The number of methoxy groups -OCH3 is 1. The molecule has 0 saturated carbocycles. The number of rotatable bonds is 12. The molecule has 2 aromatic carbocycles. The normalized spacial score (nSPS) is 20.2. The van der Waals surface area contributed by atoms with Crippen molar-refractivity contribution in [2.75, 3.05) is 20.2 Å². The van der Waals surface area contributed by atoms with Crippen molar-refractivity contribution in [3.05, 3.63) is 65.7 Å². The molecule has 2 N–H and O–H groups in total. The van der Waals surface area contributed by atoms with Crippen molar-refractivity contribution < 1.29 is 9.53 Å². The highest BCUT2D eigenvalue weighted by molar-refractivity contribution is 5.46. The third-order valence-corrected chi connectivity index (χ3v) is 6.31. The summed E-state index contributed by atoms with van der Waals surface area (Å²) in [6, 6.07) is 20.2. The number of unbranched alkanes of at least 4 members (excludes halogenated alkanes) is 1. The highest BCUT2D eigenvalue weighted by Gasteiger charge is 2.32. The molecule has 2 aromatic rings. The molecular formula is C26H37N3O2. The molecule has 0 spiro atoms. The van der Waals surface area contributed by atoms with Gasteiger partial charge in [-0.3, -0.25) is 9.69 Å². The molecule has 1 saturated heterocycles. The van der Waals surface area contributed by atoms with E-state index in [1.807, 2.05) is 12.1 Å². The van der Waals surface area contributed by atoms with E-state index < -0.39 is 0 Å². The maximum absolute atomic E-state index is 10.6. The highest BCUT2D eigenvalue weighted by Crippen LogP contribution is 2.32. The first-order chi connectivity index (χ1) is 15.2. The number of carbonyl (C=O) groups is 1. The van der Waals surface area contributed by atoms with Crippen LogP contribution >= 0.6 is 0 Å². The molecule has 3 atom stereocenters. The minimum absolute atomic E-state index is 0.249. The summed E-state index contributed by atoms with van der Waals surface area (Å²) in [5, 5.41) is 6.70. The third kappa shape index (κ3) is 6.81. The molecule has 5 heteroatoms. The second-order valence-electron chi connectivity index (χ2n) is 8.51. The van der Waals surface area contributed by atoms with Gasteiger partial charge in [-0.2, -0.15) is 0 Å². The number of piperidine rings is 1. The lowest BCUT2D eigenvalue weighted by atomic mass is 9.89. The summed E-state index contributed by atoms with van der Waals surface area (Å²) in [6.45, 7) is 5.09. The molecule has 0 aromatic heterocycles. The monoisotopic (exact) mass is 423 g/mol. The molecule has 31 heavy (non-hydrogen) atoms. The van der Waals surface area contributed by atoms with Crippen LogP contribution in [0, 0.1) is 0 Å². The Labute approximate surface area is 187 Å². The van der Waals surface area contributed by atoms with Gasteiger partial charge in [0.2, 0.25) is 6.41 Å². The Balaban J connectivity index is 1.65. The lowest BCUT2D eigenvalue weighted by Crippen LogP contribution is -2.48. The molecule has 1 fully saturated rings. The maximum Gasteiger partial charge on any atom is 0.207 e. The van der Waals surface area contributed by atoms with Crippen LogP contribution in [0.15, 0.2) is 54.6 Å². The third-order valence-electron chi connectivity index (χ3n) is 6.31. The van der Waals surface area contributed by atoms with Crippen LogP contribution in [0.1, 0.15) is 56.2 Å². The minimum Gasteiger partial charge on any atom is -0.496 e. The zero-order valence-corrected chi connectivity index (χ0v) is 18.9. The van der Waals surface area contributed by atoms with E-state index in [-0.39, 0.29) is 6.04 Å². The van der Waals surface area contributed by atoms with E-state index in [4.69, 9.17) is 4.74 Å². The fraction of sp³-hybridized carbons (Fsp3) is 0.500. The smallest absolute Gasteiger partial charge is 0.207 e. The maximum atomic E-state index is 10.6. The zero-order valence-electron chi connectivity index (χ0n) is 18.9. The van der Waals surface area contributed by atoms with Crippen LogP contribution in [0.25, 0.3) is 0 Å². The molecule has 3 rings (SSSR count). The number of nitrogens with zero attached hydrogens (tertiary/aromatic N) is 1. The fourth-order valence-electron chi connectivity index (χ4n) is 4.68. The lowest BCUT2D eigenvalue weighted by molar-refractivity contribution is -0.110. The van der Waals surface area contributed by atoms with E-state index >= 15 is 0 Å². The Hall–Kier alpha value is -2.37. The van der Waals surface area contributed by atoms with Crippen LogP contribution in [-0.4, -0.2) is 43.6 Å². The van der Waals surface area contributed by atoms with Gasteiger partial charge in [-0.05, 0) is 57.3 Å². The van der Waals surface area contributed by atoms with Crippen molar-refractivity contribution in [2.45, 2.75) is 63.7 Å². The largest absolute Gasteiger partial charge is 0.496 e. The van der Waals surface area contributed by atoms with E-state index in [2.05, 4.69) is 64.9 Å². The molecule has 0 aliphatic carbocycles. The number of ether oxygens (including phenoxy) is 1. The molecule has 1 heterocycles. The van der Waals surface area contributed by atoms with E-state index in [9.17, 15) is 4.79 Å². The van der Waals surface area contributed by atoms with E-state index in [0.717, 1.165) is 51.1 Å². The molecule has 0 bridgehead atoms. The summed E-state index contributed by atoms with van der Waals surface area (Å²) in [4.78, 5) is 13.3. The number of hydrogen-bond acceptors (Lipinski definition) is 4. The van der Waals surface area contributed by atoms with E-state index in [1.165, 1.54) is 24.0 Å². The van der Waals surface area contributed by atoms with Crippen molar-refractivity contribution in [1.82, 2.24) is 15.5 Å². The van der Waals surface area contributed by atoms with Crippen LogP contribution in [0.3, 0.4) is 0 Å². The number of carbonyl (C=O) groups excluding carboxylic acids is 1. The van der Waals surface area contributed by atoms with Crippen molar-refractivity contribution >= 4 is 6.41 Å². The number of likely N-dealkylation sites (tertiary alicyclic amines) is 1. The summed E-state index contributed by atoms with van der Waals surface area (Å²) in [7, 11) is 1.74. The van der Waals surface area contributed by atoms with Gasteiger partial charge < -0.3 is 15.4 Å². The van der Waals surface area contributed by atoms with Gasteiger partial charge in [0.1, 0.15) is 5.75 Å². The SMILES string of the molecule is COc1ccccc1CN[C@H]1CCCN(CCCCC(C)NC=O)[C@H]1c1ccccc1. The summed E-state index contributed by atoms with van der Waals surface area (Å²) in [5.41, 5.74) is 2.58. The summed E-state index contributed by atoms with van der Waals surface area (Å²) < 4.78 is 5.54. The van der Waals surface area contributed by atoms with Gasteiger partial charge in [0.25, 0.3) is 0 Å². The summed E-state index contributed by atoms with van der Waals surface area (Å²) >= 11 is 0. The minimum atomic E-state index is 0.249. The number of amides is 1. The Morgan fingerprint density at radius 2 is 1.90 bits per heavy atom. The zero-order chi connectivity index (χ0) is 21.9. The van der Waals surface area contributed by atoms with Crippen LogP contribution in [-0.2, 0) is 11.3 Å². The number of para-hydroxylation sites is 1. The number of nitrogens with one attached hydrogen (secondary N) is 2. The highest BCUT2D eigenvalue weighted by atomic mass is 16.5. The van der Waals surface area contributed by atoms with Crippen LogP contribution in [0.4, 0.5) is 0 Å². The van der Waals surface area contributed by atoms with Crippen molar-refractivity contribution in [1.29, 1.82) is 0 Å². The van der Waals surface area contributed by atoms with E-state index in [1.54, 1.807) is 7.11 Å². The van der Waals surface area contributed by atoms with Gasteiger partial charge in [0, 0.05) is 24.2 Å². The quantitative estimate of drug-likeness (QED) is 0.395. The van der Waals surface area contributed by atoms with Crippen molar-refractivity contribution in [3.63, 3.8) is 0 Å². The number of benzene rings is 2. The first kappa shape index (κ1) is 23.3. The van der Waals surface area contributed by atoms with Crippen molar-refractivity contribution in [3.8, 4) is 5.75 Å². The molecule has 0 radical (unpaired) electrons. The Morgan fingerprint density at radius 1 is 1.13 bits per heavy atom. The first-order valence-electron chi connectivity index (χ1n) is 11.6. The van der Waals surface area contributed by atoms with Crippen molar-refractivity contribution in [2.24, 2.45) is 0 Å². The van der Waals surface area contributed by atoms with Gasteiger partial charge in [0.05, 0.1) is 13.2 Å². The molecule has 1 unspecified atom stereocenters. The van der Waals surface area contributed by atoms with Gasteiger partial charge in [-0.15, -0.1) is 0 Å². The molecule has 1 aliphatic heterocycles. The summed E-state index contributed by atoms with van der Waals surface area (Å²) in [6.07, 6.45) is 6.48. The van der Waals surface area contributed by atoms with Crippen LogP contribution in [0.5, 0.6) is 5.75 Å². The fourth-order valence-corrected chi connectivity index (χ4v) is 4.68. The second-order valence-corrected chi connectivity index (χ2v) is 8.51. The van der Waals surface area contributed by atoms with Crippen LogP contribution < -0.4 is 15.4 Å². The average Bonchev–Trinajstić information content (AvgIpc) is 2.81. The predicted molar refractivity (Wildman–Crippen MR) is 126 cm³/mol. The topological polar surface area (TPSA) is 53.6 Å². The first-order valence-corrected chi connectivity index (χ1v) is 11.6. The van der Waals surface area contributed by atoms with Crippen LogP contribution in [0.2, 0.25) is 0 Å². The Kier molecular flexibility index (Phi) is 9.38. The van der Waals surface area contributed by atoms with Gasteiger partial charge in [-0.1, -0.05) is 55.0 Å². The predicted octanol–water partition coefficient (Wildman–Crippen LogP) is 4.30.